The van der Waals surface area contributed by atoms with Crippen LogP contribution in [-0.2, 0) is 11.2 Å². The molecule has 1 saturated heterocycles. The average Bonchev–Trinajstić information content (AvgIpc) is 3.11. The predicted molar refractivity (Wildman–Crippen MR) is 89.5 cm³/mol. The number of hydrogen-bond acceptors (Lipinski definition) is 5. The zero-order chi connectivity index (χ0) is 19.6. The van der Waals surface area contributed by atoms with E-state index in [0.29, 0.717) is 11.1 Å². The highest BCUT2D eigenvalue weighted by molar-refractivity contribution is 5.76. The first kappa shape index (κ1) is 19.3. The summed E-state index contributed by atoms with van der Waals surface area (Å²) in [5.41, 5.74) is 0.963. The van der Waals surface area contributed by atoms with Gasteiger partial charge in [0.25, 0.3) is 5.92 Å². The number of aryl methyl sites for hydroxylation is 2. The number of amides is 1. The molecule has 1 aliphatic rings. The standard InChI is InChI=1S/C18H20F3N3O3/c1-11-2-3-12(8-14(11)19)17-22-15(27-23-17)4-5-16(26)24-7-6-18(20,21)13(9-24)10-25/h2-3,8,13,25H,4-7,9-10H2,1H3/t13-/m1/s1. The first-order valence-electron chi connectivity index (χ1n) is 8.65. The fourth-order valence-electron chi connectivity index (χ4n) is 2.97. The maximum atomic E-state index is 13.6. The van der Waals surface area contributed by atoms with Crippen LogP contribution in [0.25, 0.3) is 11.4 Å². The van der Waals surface area contributed by atoms with Crippen LogP contribution >= 0.6 is 0 Å². The molecule has 146 valence electrons. The van der Waals surface area contributed by atoms with Crippen molar-refractivity contribution in [3.05, 3.63) is 35.5 Å². The van der Waals surface area contributed by atoms with Crippen LogP contribution in [0.2, 0.25) is 0 Å². The largest absolute Gasteiger partial charge is 0.396 e. The fourth-order valence-corrected chi connectivity index (χ4v) is 2.97. The molecule has 1 N–H and O–H groups in total. The summed E-state index contributed by atoms with van der Waals surface area (Å²) in [7, 11) is 0. The second kappa shape index (κ2) is 7.67. The Morgan fingerprint density at radius 2 is 2.22 bits per heavy atom. The highest BCUT2D eigenvalue weighted by atomic mass is 19.3. The highest BCUT2D eigenvalue weighted by Gasteiger charge is 2.44. The second-order valence-electron chi connectivity index (χ2n) is 6.71. The minimum absolute atomic E-state index is 0.0214. The van der Waals surface area contributed by atoms with E-state index in [1.165, 1.54) is 11.0 Å². The van der Waals surface area contributed by atoms with Crippen LogP contribution in [0.4, 0.5) is 13.2 Å². The fraction of sp³-hybridized carbons (Fsp3) is 0.500. The van der Waals surface area contributed by atoms with Crippen LogP contribution in [0.5, 0.6) is 0 Å². The topological polar surface area (TPSA) is 79.5 Å². The van der Waals surface area contributed by atoms with E-state index in [4.69, 9.17) is 9.63 Å². The minimum Gasteiger partial charge on any atom is -0.396 e. The summed E-state index contributed by atoms with van der Waals surface area (Å²) in [5, 5.41) is 12.9. The minimum atomic E-state index is -2.96. The SMILES string of the molecule is Cc1ccc(-c2noc(CCC(=O)N3CCC(F)(F)[C@@H](CO)C3)n2)cc1F. The van der Waals surface area contributed by atoms with Gasteiger partial charge in [-0.1, -0.05) is 17.3 Å². The number of piperidine rings is 1. The molecule has 27 heavy (non-hydrogen) atoms. The number of aliphatic hydroxyl groups excluding tert-OH is 1. The van der Waals surface area contributed by atoms with Crippen molar-refractivity contribution in [2.75, 3.05) is 19.7 Å². The Bertz CT molecular complexity index is 825. The molecule has 9 heteroatoms. The second-order valence-corrected chi connectivity index (χ2v) is 6.71. The summed E-state index contributed by atoms with van der Waals surface area (Å²) in [5.74, 6) is -4.48. The molecule has 3 rings (SSSR count). The average molecular weight is 383 g/mol. The molecule has 1 aromatic heterocycles. The summed E-state index contributed by atoms with van der Waals surface area (Å²) >= 11 is 0. The molecule has 0 bridgehead atoms. The Morgan fingerprint density at radius 1 is 1.44 bits per heavy atom. The molecule has 1 amide bonds. The monoisotopic (exact) mass is 383 g/mol. The molecule has 1 fully saturated rings. The van der Waals surface area contributed by atoms with Crippen molar-refractivity contribution in [3.63, 3.8) is 0 Å². The molecular weight excluding hydrogens is 363 g/mol. The lowest BCUT2D eigenvalue weighted by molar-refractivity contribution is -0.149. The number of alkyl halides is 2. The summed E-state index contributed by atoms with van der Waals surface area (Å²) in [6.07, 6.45) is -0.294. The third-order valence-corrected chi connectivity index (χ3v) is 4.78. The Kier molecular flexibility index (Phi) is 5.50. The van der Waals surface area contributed by atoms with Crippen molar-refractivity contribution >= 4 is 5.91 Å². The number of carbonyl (C=O) groups is 1. The van der Waals surface area contributed by atoms with E-state index in [1.807, 2.05) is 0 Å². The molecule has 1 aromatic carbocycles. The van der Waals surface area contributed by atoms with Crippen molar-refractivity contribution in [3.8, 4) is 11.4 Å². The number of carbonyl (C=O) groups excluding carboxylic acids is 1. The van der Waals surface area contributed by atoms with Gasteiger partial charge in [-0.25, -0.2) is 13.2 Å². The van der Waals surface area contributed by atoms with Gasteiger partial charge in [0.1, 0.15) is 5.82 Å². The van der Waals surface area contributed by atoms with Crippen molar-refractivity contribution < 1.29 is 27.6 Å². The van der Waals surface area contributed by atoms with Gasteiger partial charge in [-0.05, 0) is 18.6 Å². The summed E-state index contributed by atoms with van der Waals surface area (Å²) in [6, 6.07) is 4.58. The van der Waals surface area contributed by atoms with Gasteiger partial charge in [-0.3, -0.25) is 4.79 Å². The number of likely N-dealkylation sites (tertiary alicyclic amines) is 1. The molecule has 1 aliphatic heterocycles. The van der Waals surface area contributed by atoms with Gasteiger partial charge >= 0.3 is 0 Å². The zero-order valence-electron chi connectivity index (χ0n) is 14.8. The van der Waals surface area contributed by atoms with Crippen LogP contribution in [0.1, 0.15) is 24.3 Å². The van der Waals surface area contributed by atoms with Crippen LogP contribution in [0.15, 0.2) is 22.7 Å². The quantitative estimate of drug-likeness (QED) is 0.859. The molecule has 1 atom stereocenters. The van der Waals surface area contributed by atoms with E-state index in [-0.39, 0.29) is 49.4 Å². The van der Waals surface area contributed by atoms with E-state index in [9.17, 15) is 18.0 Å². The highest BCUT2D eigenvalue weighted by Crippen LogP contribution is 2.33. The van der Waals surface area contributed by atoms with Gasteiger partial charge in [0, 0.05) is 37.9 Å². The Hall–Kier alpha value is -2.42. The molecule has 2 heterocycles. The number of benzene rings is 1. The van der Waals surface area contributed by atoms with Gasteiger partial charge in [-0.15, -0.1) is 0 Å². The number of aliphatic hydroxyl groups is 1. The van der Waals surface area contributed by atoms with Crippen LogP contribution in [0, 0.1) is 18.7 Å². The molecule has 0 saturated carbocycles. The lowest BCUT2D eigenvalue weighted by atomic mass is 9.94. The van der Waals surface area contributed by atoms with Crippen LogP contribution in [0.3, 0.4) is 0 Å². The maximum absolute atomic E-state index is 13.6. The number of rotatable bonds is 5. The van der Waals surface area contributed by atoms with Gasteiger partial charge < -0.3 is 14.5 Å². The predicted octanol–water partition coefficient (Wildman–Crippen LogP) is 2.59. The van der Waals surface area contributed by atoms with Crippen molar-refractivity contribution in [1.29, 1.82) is 0 Å². The van der Waals surface area contributed by atoms with E-state index >= 15 is 0 Å². The molecule has 0 spiro atoms. The number of nitrogens with zero attached hydrogens (tertiary/aromatic N) is 3. The van der Waals surface area contributed by atoms with Crippen LogP contribution in [-0.4, -0.2) is 51.7 Å². The molecule has 0 aliphatic carbocycles. The van der Waals surface area contributed by atoms with Gasteiger partial charge in [0.2, 0.25) is 17.6 Å². The summed E-state index contributed by atoms with van der Waals surface area (Å²) in [6.45, 7) is 0.737. The van der Waals surface area contributed by atoms with Gasteiger partial charge in [0.15, 0.2) is 0 Å². The molecule has 0 unspecified atom stereocenters. The van der Waals surface area contributed by atoms with E-state index in [0.717, 1.165) is 0 Å². The first-order valence-corrected chi connectivity index (χ1v) is 8.65. The van der Waals surface area contributed by atoms with Crippen molar-refractivity contribution in [1.82, 2.24) is 15.0 Å². The lowest BCUT2D eigenvalue weighted by Gasteiger charge is -2.37. The lowest BCUT2D eigenvalue weighted by Crippen LogP contribution is -2.50. The Balaban J connectivity index is 1.58. The van der Waals surface area contributed by atoms with E-state index < -0.39 is 24.9 Å². The summed E-state index contributed by atoms with van der Waals surface area (Å²) < 4.78 is 46.0. The van der Waals surface area contributed by atoms with E-state index in [1.54, 1.807) is 19.1 Å². The maximum Gasteiger partial charge on any atom is 0.256 e. The smallest absolute Gasteiger partial charge is 0.256 e. The summed E-state index contributed by atoms with van der Waals surface area (Å²) in [4.78, 5) is 17.7. The van der Waals surface area contributed by atoms with Crippen molar-refractivity contribution in [2.45, 2.75) is 32.1 Å². The molecule has 0 radical (unpaired) electrons. The van der Waals surface area contributed by atoms with E-state index in [2.05, 4.69) is 10.1 Å². The Labute approximate surface area is 154 Å². The molecular formula is C18H20F3N3O3. The molecule has 6 nitrogen and oxygen atoms in total. The van der Waals surface area contributed by atoms with Crippen LogP contribution < -0.4 is 0 Å². The third kappa shape index (κ3) is 4.29. The number of halogens is 3. The van der Waals surface area contributed by atoms with Gasteiger partial charge in [-0.2, -0.15) is 4.98 Å². The zero-order valence-corrected chi connectivity index (χ0v) is 14.8. The van der Waals surface area contributed by atoms with Crippen molar-refractivity contribution in [2.24, 2.45) is 5.92 Å². The van der Waals surface area contributed by atoms with Gasteiger partial charge in [0.05, 0.1) is 12.5 Å². The Morgan fingerprint density at radius 3 is 2.93 bits per heavy atom. The molecule has 2 aromatic rings. The first-order chi connectivity index (χ1) is 12.8. The number of hydrogen-bond donors (Lipinski definition) is 1. The normalized spacial score (nSPS) is 19.3. The number of aromatic nitrogens is 2. The third-order valence-electron chi connectivity index (χ3n) is 4.78.